The monoisotopic (exact) mass is 1600 g/mol. The van der Waals surface area contributed by atoms with Crippen LogP contribution in [0.2, 0.25) is 0 Å². The third kappa shape index (κ3) is 21.9. The van der Waals surface area contributed by atoms with Crippen LogP contribution in [0.5, 0.6) is 11.5 Å². The van der Waals surface area contributed by atoms with E-state index in [1.807, 2.05) is 30.3 Å². The molecular formula is C112H112N8O2. The summed E-state index contributed by atoms with van der Waals surface area (Å²) in [6.07, 6.45) is 0. The van der Waals surface area contributed by atoms with Crippen LogP contribution in [0, 0.1) is 69.2 Å². The van der Waals surface area contributed by atoms with E-state index >= 15 is 0 Å². The van der Waals surface area contributed by atoms with Gasteiger partial charge in [0.15, 0.2) is 0 Å². The molecule has 0 amide bonds. The third-order valence-electron chi connectivity index (χ3n) is 22.0. The smallest absolute Gasteiger partial charge is 0.120 e. The molecule has 10 nitrogen and oxygen atoms in total. The average Bonchev–Trinajstić information content (AvgIpc) is 0.812. The van der Waals surface area contributed by atoms with Crippen molar-refractivity contribution in [1.29, 1.82) is 0 Å². The molecule has 0 heterocycles. The molecule has 0 saturated heterocycles. The second-order valence-electron chi connectivity index (χ2n) is 31.4. The SMILES string of the molecule is COc1ccc(N(C)c2ccc(N(c3ccc(C)cc3)c3ccc(C)cc3)cc2)cc1.COc1cccc(N(C)c2ccc(N(c3ccc(C)cc3)c3ccc(C)cc3)cc2)c1.Cc1ccc(N(C)c2ccc(N(c3ccc(C)cc3)c3ccc(C)cc3)cc2)cc1.Cc1ccc(N(c2ccc(C)cc2)c2ccc(N(C)c3cccc(C)c3)cc2)cc1. The van der Waals surface area contributed by atoms with Gasteiger partial charge in [-0.2, -0.15) is 0 Å². The van der Waals surface area contributed by atoms with Gasteiger partial charge in [-0.05, 0) is 330 Å². The van der Waals surface area contributed by atoms with E-state index in [2.05, 4.69) is 495 Å². The number of hydrogen-bond donors (Lipinski definition) is 0. The largest absolute Gasteiger partial charge is 0.497 e. The number of hydrogen-bond acceptors (Lipinski definition) is 10. The molecule has 122 heavy (non-hydrogen) atoms. The van der Waals surface area contributed by atoms with E-state index in [4.69, 9.17) is 9.47 Å². The molecule has 0 fully saturated rings. The second kappa shape index (κ2) is 40.3. The van der Waals surface area contributed by atoms with E-state index in [-0.39, 0.29) is 0 Å². The first-order chi connectivity index (χ1) is 59.1. The number of aryl methyl sites for hydroxylation is 10. The summed E-state index contributed by atoms with van der Waals surface area (Å²) < 4.78 is 10.6. The molecule has 0 N–H and O–H groups in total. The van der Waals surface area contributed by atoms with Crippen LogP contribution in [0.15, 0.2) is 388 Å². The minimum Gasteiger partial charge on any atom is -0.497 e. The van der Waals surface area contributed by atoms with Gasteiger partial charge in [0.1, 0.15) is 11.5 Å². The zero-order valence-corrected chi connectivity index (χ0v) is 73.3. The number of methoxy groups -OCH3 is 2. The van der Waals surface area contributed by atoms with Gasteiger partial charge in [0.25, 0.3) is 0 Å². The first-order valence-electron chi connectivity index (χ1n) is 41.6. The summed E-state index contributed by atoms with van der Waals surface area (Å²) in [5, 5.41) is 0. The molecule has 16 rings (SSSR count). The van der Waals surface area contributed by atoms with Gasteiger partial charge in [-0.3, -0.25) is 0 Å². The van der Waals surface area contributed by atoms with E-state index in [1.165, 1.54) is 67.0 Å². The van der Waals surface area contributed by atoms with E-state index in [9.17, 15) is 0 Å². The van der Waals surface area contributed by atoms with Crippen LogP contribution in [0.3, 0.4) is 0 Å². The standard InChI is InChI=1S/2C28H28N2O.2C28H28N2/c1-21-5-9-25(10-6-21)30(26-11-7-22(2)8-12-26)27-15-13-23(14-16-27)29(3)24-17-19-28(31-4)20-18-24;1-21-8-12-24(13-9-21)30(25-14-10-22(2)11-15-25)26-18-16-23(17-19-26)29(3)27-6-5-7-28(20-27)31-4;1-21-5-11-24(12-6-21)29(4)25-17-19-28(20-18-25)30(26-13-7-22(2)8-14-26)27-15-9-23(3)10-16-27;1-21-8-12-25(13-9-21)30(26-14-10-22(2)11-15-26)27-18-16-24(17-19-27)29(4)28-7-5-6-23(3)20-28/h2*5-20H,1-4H3;2*5-20H,1-4H3. The highest BCUT2D eigenvalue weighted by molar-refractivity contribution is 5.83. The van der Waals surface area contributed by atoms with Crippen molar-refractivity contribution in [2.24, 2.45) is 0 Å². The maximum Gasteiger partial charge on any atom is 0.120 e. The quantitative estimate of drug-likeness (QED) is 0.0656. The Morgan fingerprint density at radius 1 is 0.139 bits per heavy atom. The minimum atomic E-state index is 0.853. The van der Waals surface area contributed by atoms with Crippen molar-refractivity contribution in [3.05, 3.63) is 444 Å². The van der Waals surface area contributed by atoms with Crippen molar-refractivity contribution in [3.63, 3.8) is 0 Å². The predicted molar refractivity (Wildman–Crippen MR) is 523 cm³/mol. The molecule has 16 aromatic carbocycles. The summed E-state index contributed by atoms with van der Waals surface area (Å²) in [5.74, 6) is 1.71. The second-order valence-corrected chi connectivity index (χ2v) is 31.4. The lowest BCUT2D eigenvalue weighted by Crippen LogP contribution is -2.12. The molecule has 0 atom stereocenters. The molecule has 0 radical (unpaired) electrons. The van der Waals surface area contributed by atoms with Gasteiger partial charge in [0.05, 0.1) is 14.2 Å². The van der Waals surface area contributed by atoms with Gasteiger partial charge in [0.2, 0.25) is 0 Å². The number of benzene rings is 16. The van der Waals surface area contributed by atoms with Crippen LogP contribution < -0.4 is 48.7 Å². The summed E-state index contributed by atoms with van der Waals surface area (Å²) in [6.45, 7) is 21.2. The van der Waals surface area contributed by atoms with E-state index in [0.717, 1.165) is 114 Å². The van der Waals surface area contributed by atoms with Crippen LogP contribution in [-0.4, -0.2) is 42.4 Å². The zero-order valence-electron chi connectivity index (χ0n) is 73.3. The molecule has 0 spiro atoms. The lowest BCUT2D eigenvalue weighted by molar-refractivity contribution is 0.415. The third-order valence-corrected chi connectivity index (χ3v) is 22.0. The fourth-order valence-corrected chi connectivity index (χ4v) is 14.5. The fraction of sp³-hybridized carbons (Fsp3) is 0.143. The fourth-order valence-electron chi connectivity index (χ4n) is 14.5. The topological polar surface area (TPSA) is 44.4 Å². The number of ether oxygens (including phenoxy) is 2. The minimum absolute atomic E-state index is 0.853. The van der Waals surface area contributed by atoms with Gasteiger partial charge in [-0.25, -0.2) is 0 Å². The van der Waals surface area contributed by atoms with Gasteiger partial charge in [-0.1, -0.05) is 177 Å². The van der Waals surface area contributed by atoms with Gasteiger partial charge < -0.3 is 48.7 Å². The molecule has 10 heteroatoms. The van der Waals surface area contributed by atoms with Crippen LogP contribution in [0.1, 0.15) is 55.6 Å². The molecule has 0 aliphatic heterocycles. The van der Waals surface area contributed by atoms with Crippen LogP contribution in [-0.2, 0) is 0 Å². The van der Waals surface area contributed by atoms with Crippen molar-refractivity contribution in [3.8, 4) is 11.5 Å². The Morgan fingerprint density at radius 3 is 0.492 bits per heavy atom. The van der Waals surface area contributed by atoms with Crippen LogP contribution in [0.25, 0.3) is 0 Å². The van der Waals surface area contributed by atoms with E-state index < -0.39 is 0 Å². The van der Waals surface area contributed by atoms with Gasteiger partial charge in [0, 0.05) is 148 Å². The van der Waals surface area contributed by atoms with Gasteiger partial charge in [-0.15, -0.1) is 0 Å². The average molecular weight is 1600 g/mol. The Morgan fingerprint density at radius 2 is 0.295 bits per heavy atom. The first-order valence-corrected chi connectivity index (χ1v) is 41.6. The molecule has 612 valence electrons. The Balaban J connectivity index is 0.000000140. The first kappa shape index (κ1) is 85.4. The maximum absolute atomic E-state index is 5.37. The summed E-state index contributed by atoms with van der Waals surface area (Å²) >= 11 is 0. The van der Waals surface area contributed by atoms with Crippen molar-refractivity contribution in [1.82, 2.24) is 0 Å². The number of nitrogens with zero attached hydrogens (tertiary/aromatic N) is 8. The molecule has 16 aromatic rings. The molecule has 0 unspecified atom stereocenters. The lowest BCUT2D eigenvalue weighted by atomic mass is 10.1. The molecule has 0 bridgehead atoms. The molecule has 0 aliphatic carbocycles. The van der Waals surface area contributed by atoms with E-state index in [0.29, 0.717) is 0 Å². The summed E-state index contributed by atoms with van der Waals surface area (Å²) in [7, 11) is 11.7. The molecule has 0 saturated carbocycles. The normalized spacial score (nSPS) is 10.6. The van der Waals surface area contributed by atoms with Crippen LogP contribution in [0.4, 0.5) is 114 Å². The predicted octanol–water partition coefficient (Wildman–Crippen LogP) is 30.8. The van der Waals surface area contributed by atoms with Crippen molar-refractivity contribution in [2.75, 3.05) is 81.6 Å². The lowest BCUT2D eigenvalue weighted by Gasteiger charge is -2.27. The molecular weight excluding hydrogens is 1490 g/mol. The van der Waals surface area contributed by atoms with Crippen molar-refractivity contribution in [2.45, 2.75) is 69.2 Å². The van der Waals surface area contributed by atoms with Crippen molar-refractivity contribution < 1.29 is 9.47 Å². The Hall–Kier alpha value is -14.5. The number of rotatable bonds is 22. The van der Waals surface area contributed by atoms with Crippen LogP contribution >= 0.6 is 0 Å². The molecule has 0 aromatic heterocycles. The summed E-state index contributed by atoms with van der Waals surface area (Å²) in [6, 6.07) is 138. The van der Waals surface area contributed by atoms with Crippen molar-refractivity contribution >= 4 is 114 Å². The maximum atomic E-state index is 5.37. The summed E-state index contributed by atoms with van der Waals surface area (Å²) in [5.41, 5.74) is 35.5. The van der Waals surface area contributed by atoms with Gasteiger partial charge >= 0.3 is 0 Å². The summed E-state index contributed by atoms with van der Waals surface area (Å²) in [4.78, 5) is 17.9. The highest BCUT2D eigenvalue weighted by Crippen LogP contribution is 2.43. The highest BCUT2D eigenvalue weighted by atomic mass is 16.5. The Labute approximate surface area is 724 Å². The van der Waals surface area contributed by atoms with E-state index in [1.54, 1.807) is 14.2 Å². The Kier molecular flexibility index (Phi) is 28.2. The zero-order chi connectivity index (χ0) is 85.8. The number of anilines is 20. The highest BCUT2D eigenvalue weighted by Gasteiger charge is 2.20. The molecule has 0 aliphatic rings. The Bertz CT molecular complexity index is 5770.